The van der Waals surface area contributed by atoms with Gasteiger partial charge in [0.15, 0.2) is 0 Å². The lowest BCUT2D eigenvalue weighted by Gasteiger charge is -2.44. The fraction of sp³-hybridized carbons (Fsp3) is 0.310. The topological polar surface area (TPSA) is 79.5 Å². The predicted molar refractivity (Wildman–Crippen MR) is 157 cm³/mol. The van der Waals surface area contributed by atoms with Crippen LogP contribution in [-0.2, 0) is 15.0 Å². The second-order valence-electron chi connectivity index (χ2n) is 10.1. The van der Waals surface area contributed by atoms with Crippen LogP contribution in [0.3, 0.4) is 0 Å². The van der Waals surface area contributed by atoms with Gasteiger partial charge in [0.25, 0.3) is 0 Å². The molecule has 2 saturated heterocycles. The van der Waals surface area contributed by atoms with Crippen LogP contribution < -0.4 is 20.7 Å². The molecule has 0 unspecified atom stereocenters. The molecule has 0 saturated carbocycles. The van der Waals surface area contributed by atoms with Crippen molar-refractivity contribution < 1.29 is 14.3 Å². The van der Waals surface area contributed by atoms with Gasteiger partial charge in [-0.15, -0.1) is 0 Å². The number of nitrogens with one attached hydrogen (secondary N) is 3. The van der Waals surface area contributed by atoms with E-state index in [-0.39, 0.29) is 24.3 Å². The van der Waals surface area contributed by atoms with Crippen molar-refractivity contribution in [2.24, 2.45) is 0 Å². The zero-order valence-corrected chi connectivity index (χ0v) is 24.1. The maximum Gasteiger partial charge on any atom is 0.237 e. The predicted octanol–water partition coefficient (Wildman–Crippen LogP) is 5.96. The molecule has 3 atom stereocenters. The fourth-order valence-electron chi connectivity index (χ4n) is 6.03. The van der Waals surface area contributed by atoms with Crippen LogP contribution in [-0.4, -0.2) is 31.0 Å². The molecule has 196 valence electrons. The standard InChI is InChI=1S/C29H26Cl2IN3O3/c30-17-3-1-2-16(12-17)22-15-29(23-6-4-18(31)13-24(23)34-28(29)37)26(35-27(22)36)21-14-19(32)5-7-25(21)38-20-8-10-33-11-9-20/h1-7,12-14,20,22,26,33H,8-11,15H2,(H,34,37)(H,35,36)/t22-,26-,29-/m1/s1. The summed E-state index contributed by atoms with van der Waals surface area (Å²) >= 11 is 14.9. The number of ether oxygens (including phenoxy) is 1. The van der Waals surface area contributed by atoms with Crippen molar-refractivity contribution >= 4 is 63.3 Å². The van der Waals surface area contributed by atoms with Crippen molar-refractivity contribution in [3.63, 3.8) is 0 Å². The summed E-state index contributed by atoms with van der Waals surface area (Å²) in [7, 11) is 0. The third-order valence-electron chi connectivity index (χ3n) is 7.85. The maximum absolute atomic E-state index is 14.1. The molecule has 3 aromatic rings. The Morgan fingerprint density at radius 1 is 0.947 bits per heavy atom. The Hall–Kier alpha value is -2.33. The van der Waals surface area contributed by atoms with Crippen LogP contribution in [0.5, 0.6) is 5.75 Å². The summed E-state index contributed by atoms with van der Waals surface area (Å²) in [4.78, 5) is 27.8. The van der Waals surface area contributed by atoms with E-state index in [0.29, 0.717) is 21.5 Å². The number of benzene rings is 3. The van der Waals surface area contributed by atoms with Gasteiger partial charge in [-0.05, 0) is 109 Å². The molecular formula is C29H26Cl2IN3O3. The van der Waals surface area contributed by atoms with E-state index < -0.39 is 17.4 Å². The minimum atomic E-state index is -1.07. The van der Waals surface area contributed by atoms with E-state index in [9.17, 15) is 9.59 Å². The lowest BCUT2D eigenvalue weighted by atomic mass is 9.63. The van der Waals surface area contributed by atoms with E-state index in [1.54, 1.807) is 24.3 Å². The molecule has 0 aromatic heterocycles. The zero-order chi connectivity index (χ0) is 26.4. The summed E-state index contributed by atoms with van der Waals surface area (Å²) in [5.41, 5.74) is 1.98. The molecule has 3 aliphatic rings. The Balaban J connectivity index is 1.50. The van der Waals surface area contributed by atoms with Gasteiger partial charge in [0.05, 0.1) is 12.0 Å². The van der Waals surface area contributed by atoms with Gasteiger partial charge in [-0.3, -0.25) is 9.59 Å². The third kappa shape index (κ3) is 4.57. The summed E-state index contributed by atoms with van der Waals surface area (Å²) in [6.45, 7) is 1.79. The highest BCUT2D eigenvalue weighted by molar-refractivity contribution is 14.1. The van der Waals surface area contributed by atoms with Crippen molar-refractivity contribution in [3.05, 3.63) is 91.0 Å². The molecule has 3 aromatic carbocycles. The van der Waals surface area contributed by atoms with Crippen LogP contribution in [0.15, 0.2) is 60.7 Å². The van der Waals surface area contributed by atoms with Gasteiger partial charge in [-0.1, -0.05) is 41.4 Å². The summed E-state index contributed by atoms with van der Waals surface area (Å²) in [6, 6.07) is 18.1. The largest absolute Gasteiger partial charge is 0.490 e. The van der Waals surface area contributed by atoms with Gasteiger partial charge < -0.3 is 20.7 Å². The van der Waals surface area contributed by atoms with E-state index >= 15 is 0 Å². The first-order chi connectivity index (χ1) is 18.3. The monoisotopic (exact) mass is 661 g/mol. The maximum atomic E-state index is 14.1. The molecule has 0 aliphatic carbocycles. The Labute approximate surface area is 244 Å². The number of hydrogen-bond acceptors (Lipinski definition) is 4. The molecule has 3 aliphatic heterocycles. The van der Waals surface area contributed by atoms with Gasteiger partial charge in [0.1, 0.15) is 17.3 Å². The van der Waals surface area contributed by atoms with Gasteiger partial charge in [-0.2, -0.15) is 0 Å². The quantitative estimate of drug-likeness (QED) is 0.302. The van der Waals surface area contributed by atoms with E-state index in [0.717, 1.165) is 46.2 Å². The van der Waals surface area contributed by atoms with E-state index in [4.69, 9.17) is 27.9 Å². The van der Waals surface area contributed by atoms with Crippen molar-refractivity contribution in [1.82, 2.24) is 10.6 Å². The Kier molecular flexibility index (Phi) is 7.05. The van der Waals surface area contributed by atoms with Crippen molar-refractivity contribution in [1.29, 1.82) is 0 Å². The lowest BCUT2D eigenvalue weighted by Crippen LogP contribution is -2.55. The third-order valence-corrected chi connectivity index (χ3v) is 8.99. The van der Waals surface area contributed by atoms with Gasteiger partial charge in [0.2, 0.25) is 11.8 Å². The van der Waals surface area contributed by atoms with E-state index in [2.05, 4.69) is 38.5 Å². The zero-order valence-electron chi connectivity index (χ0n) is 20.4. The normalized spacial score (nSPS) is 25.1. The highest BCUT2D eigenvalue weighted by Gasteiger charge is 2.58. The summed E-state index contributed by atoms with van der Waals surface area (Å²) in [5.74, 6) is -0.185. The molecule has 2 fully saturated rings. The van der Waals surface area contributed by atoms with Crippen LogP contribution in [0.2, 0.25) is 10.0 Å². The van der Waals surface area contributed by atoms with Gasteiger partial charge in [-0.25, -0.2) is 0 Å². The molecular weight excluding hydrogens is 636 g/mol. The number of piperidine rings is 2. The Morgan fingerprint density at radius 2 is 1.74 bits per heavy atom. The molecule has 3 N–H and O–H groups in total. The highest BCUT2D eigenvalue weighted by atomic mass is 127. The number of halogens is 3. The number of rotatable bonds is 4. The lowest BCUT2D eigenvalue weighted by molar-refractivity contribution is -0.131. The summed E-state index contributed by atoms with van der Waals surface area (Å²) in [5, 5.41) is 10.8. The van der Waals surface area contributed by atoms with Crippen LogP contribution in [0.1, 0.15) is 47.9 Å². The van der Waals surface area contributed by atoms with Crippen molar-refractivity contribution in [2.45, 2.75) is 42.7 Å². The highest BCUT2D eigenvalue weighted by Crippen LogP contribution is 2.55. The molecule has 6 nitrogen and oxygen atoms in total. The average Bonchev–Trinajstić information content (AvgIpc) is 3.17. The van der Waals surface area contributed by atoms with Crippen molar-refractivity contribution in [2.75, 3.05) is 18.4 Å². The first kappa shape index (κ1) is 25.9. The molecule has 38 heavy (non-hydrogen) atoms. The average molecular weight is 662 g/mol. The number of anilines is 1. The van der Waals surface area contributed by atoms with Gasteiger partial charge >= 0.3 is 0 Å². The SMILES string of the molecule is O=C1N[C@H](c2cc(I)ccc2OC2CCNCC2)[C@]2(C[C@@H]1c1cccc(Cl)c1)C(=O)Nc1cc(Cl)ccc12. The number of amides is 2. The second-order valence-corrected chi connectivity index (χ2v) is 12.2. The van der Waals surface area contributed by atoms with Crippen LogP contribution in [0.25, 0.3) is 0 Å². The number of carbonyl (C=O) groups excluding carboxylic acids is 2. The molecule has 0 radical (unpaired) electrons. The number of fused-ring (bicyclic) bond motifs is 2. The Morgan fingerprint density at radius 3 is 2.53 bits per heavy atom. The smallest absolute Gasteiger partial charge is 0.237 e. The fourth-order valence-corrected chi connectivity index (χ4v) is 6.92. The molecule has 1 spiro atoms. The van der Waals surface area contributed by atoms with Crippen LogP contribution in [0, 0.1) is 3.57 Å². The van der Waals surface area contributed by atoms with Gasteiger partial charge in [0, 0.05) is 24.9 Å². The Bertz CT molecular complexity index is 1430. The van der Waals surface area contributed by atoms with E-state index in [1.807, 2.05) is 36.4 Å². The van der Waals surface area contributed by atoms with Crippen LogP contribution >= 0.6 is 45.8 Å². The molecule has 6 rings (SSSR count). The molecule has 0 bridgehead atoms. The molecule has 2 amide bonds. The second kappa shape index (κ2) is 10.3. The number of carbonyl (C=O) groups is 2. The summed E-state index contributed by atoms with van der Waals surface area (Å²) in [6.07, 6.45) is 2.13. The summed E-state index contributed by atoms with van der Waals surface area (Å²) < 4.78 is 7.53. The minimum absolute atomic E-state index is 0.0630. The number of hydrogen-bond donors (Lipinski definition) is 3. The molecule has 9 heteroatoms. The minimum Gasteiger partial charge on any atom is -0.490 e. The van der Waals surface area contributed by atoms with E-state index in [1.165, 1.54) is 0 Å². The first-order valence-corrected chi connectivity index (χ1v) is 14.5. The first-order valence-electron chi connectivity index (χ1n) is 12.7. The van der Waals surface area contributed by atoms with Crippen LogP contribution in [0.4, 0.5) is 5.69 Å². The molecule has 3 heterocycles. The van der Waals surface area contributed by atoms with Crippen molar-refractivity contribution in [3.8, 4) is 5.75 Å².